The lowest BCUT2D eigenvalue weighted by molar-refractivity contribution is 0.355. The Hall–Kier alpha value is -2.01. The molecule has 0 bridgehead atoms. The minimum atomic E-state index is 0.600. The average Bonchev–Trinajstić information content (AvgIpc) is 2.87. The SMILES string of the molecule is COc1ccc(-n2cnc(CCN)c2)cc1OC. The molecule has 1 aromatic heterocycles. The highest BCUT2D eigenvalue weighted by molar-refractivity contribution is 5.48. The Labute approximate surface area is 106 Å². The van der Waals surface area contributed by atoms with Gasteiger partial charge in [0, 0.05) is 18.7 Å². The first-order valence-electron chi connectivity index (χ1n) is 5.74. The van der Waals surface area contributed by atoms with Crippen molar-refractivity contribution in [2.24, 2.45) is 5.73 Å². The van der Waals surface area contributed by atoms with Crippen LogP contribution in [0.25, 0.3) is 5.69 Å². The molecule has 1 heterocycles. The molecule has 0 aliphatic rings. The fourth-order valence-electron chi connectivity index (χ4n) is 1.77. The van der Waals surface area contributed by atoms with E-state index in [1.165, 1.54) is 0 Å². The molecular formula is C13H17N3O2. The maximum Gasteiger partial charge on any atom is 0.162 e. The molecule has 0 amide bonds. The largest absolute Gasteiger partial charge is 0.493 e. The zero-order chi connectivity index (χ0) is 13.0. The summed E-state index contributed by atoms with van der Waals surface area (Å²) in [5.41, 5.74) is 7.46. The second kappa shape index (κ2) is 5.55. The lowest BCUT2D eigenvalue weighted by Gasteiger charge is -2.09. The number of aromatic nitrogens is 2. The number of benzene rings is 1. The van der Waals surface area contributed by atoms with Crippen molar-refractivity contribution in [1.29, 1.82) is 0 Å². The first-order valence-corrected chi connectivity index (χ1v) is 5.74. The van der Waals surface area contributed by atoms with Crippen molar-refractivity contribution in [1.82, 2.24) is 9.55 Å². The van der Waals surface area contributed by atoms with E-state index < -0.39 is 0 Å². The van der Waals surface area contributed by atoms with Gasteiger partial charge in [0.15, 0.2) is 11.5 Å². The number of methoxy groups -OCH3 is 2. The van der Waals surface area contributed by atoms with Gasteiger partial charge in [0.1, 0.15) is 0 Å². The summed E-state index contributed by atoms with van der Waals surface area (Å²) in [5.74, 6) is 1.41. The Morgan fingerprint density at radius 2 is 2.00 bits per heavy atom. The van der Waals surface area contributed by atoms with Crippen LogP contribution >= 0.6 is 0 Å². The molecule has 2 N–H and O–H groups in total. The predicted molar refractivity (Wildman–Crippen MR) is 69.4 cm³/mol. The molecule has 96 valence electrons. The van der Waals surface area contributed by atoms with Gasteiger partial charge in [-0.3, -0.25) is 0 Å². The van der Waals surface area contributed by atoms with Crippen LogP contribution in [0.15, 0.2) is 30.7 Å². The van der Waals surface area contributed by atoms with E-state index in [1.54, 1.807) is 20.5 Å². The summed E-state index contributed by atoms with van der Waals surface area (Å²) in [6.07, 6.45) is 4.51. The molecule has 18 heavy (non-hydrogen) atoms. The van der Waals surface area contributed by atoms with Crippen LogP contribution in [0.3, 0.4) is 0 Å². The number of nitrogens with zero attached hydrogens (tertiary/aromatic N) is 2. The second-order valence-corrected chi connectivity index (χ2v) is 3.85. The molecule has 2 rings (SSSR count). The van der Waals surface area contributed by atoms with Crippen LogP contribution in [0.5, 0.6) is 11.5 Å². The molecule has 0 saturated heterocycles. The van der Waals surface area contributed by atoms with Gasteiger partial charge in [0.25, 0.3) is 0 Å². The maximum absolute atomic E-state index is 5.51. The summed E-state index contributed by atoms with van der Waals surface area (Å²) >= 11 is 0. The van der Waals surface area contributed by atoms with E-state index in [1.807, 2.05) is 29.0 Å². The minimum absolute atomic E-state index is 0.600. The minimum Gasteiger partial charge on any atom is -0.493 e. The lowest BCUT2D eigenvalue weighted by atomic mass is 10.2. The van der Waals surface area contributed by atoms with E-state index >= 15 is 0 Å². The molecule has 0 aliphatic heterocycles. The molecule has 0 fully saturated rings. The van der Waals surface area contributed by atoms with E-state index in [9.17, 15) is 0 Å². The quantitative estimate of drug-likeness (QED) is 0.867. The van der Waals surface area contributed by atoms with Gasteiger partial charge in [0.2, 0.25) is 0 Å². The van der Waals surface area contributed by atoms with E-state index in [0.717, 1.165) is 17.8 Å². The van der Waals surface area contributed by atoms with Gasteiger partial charge in [-0.25, -0.2) is 4.98 Å². The van der Waals surface area contributed by atoms with Crippen LogP contribution in [-0.2, 0) is 6.42 Å². The maximum atomic E-state index is 5.51. The van der Waals surface area contributed by atoms with Gasteiger partial charge in [0.05, 0.1) is 31.9 Å². The summed E-state index contributed by atoms with van der Waals surface area (Å²) in [7, 11) is 3.24. The van der Waals surface area contributed by atoms with E-state index in [2.05, 4.69) is 4.98 Å². The highest BCUT2D eigenvalue weighted by Gasteiger charge is 2.06. The Kier molecular flexibility index (Phi) is 3.84. The standard InChI is InChI=1S/C13H17N3O2/c1-17-12-4-3-11(7-13(12)18-2)16-8-10(5-6-14)15-9-16/h3-4,7-9H,5-6,14H2,1-2H3. The van der Waals surface area contributed by atoms with Crippen LogP contribution in [0.1, 0.15) is 5.69 Å². The number of imidazole rings is 1. The summed E-state index contributed by atoms with van der Waals surface area (Å²) in [6, 6.07) is 5.73. The lowest BCUT2D eigenvalue weighted by Crippen LogP contribution is -2.02. The number of ether oxygens (including phenoxy) is 2. The number of rotatable bonds is 5. The summed E-state index contributed by atoms with van der Waals surface area (Å²) < 4.78 is 12.4. The van der Waals surface area contributed by atoms with Crippen LogP contribution in [0, 0.1) is 0 Å². The van der Waals surface area contributed by atoms with Crippen molar-refractivity contribution >= 4 is 0 Å². The fraction of sp³-hybridized carbons (Fsp3) is 0.308. The van der Waals surface area contributed by atoms with Gasteiger partial charge < -0.3 is 19.8 Å². The van der Waals surface area contributed by atoms with E-state index in [4.69, 9.17) is 15.2 Å². The predicted octanol–water partition coefficient (Wildman–Crippen LogP) is 1.39. The first-order chi connectivity index (χ1) is 8.78. The molecule has 0 unspecified atom stereocenters. The van der Waals surface area contributed by atoms with Gasteiger partial charge in [-0.2, -0.15) is 0 Å². The highest BCUT2D eigenvalue weighted by atomic mass is 16.5. The van der Waals surface area contributed by atoms with Crippen LogP contribution in [0.4, 0.5) is 0 Å². The van der Waals surface area contributed by atoms with Crippen molar-refractivity contribution in [2.75, 3.05) is 20.8 Å². The van der Waals surface area contributed by atoms with Gasteiger partial charge in [-0.1, -0.05) is 0 Å². The van der Waals surface area contributed by atoms with Crippen LogP contribution in [-0.4, -0.2) is 30.3 Å². The summed E-state index contributed by atoms with van der Waals surface area (Å²) in [5, 5.41) is 0. The number of hydrogen-bond donors (Lipinski definition) is 1. The average molecular weight is 247 g/mol. The summed E-state index contributed by atoms with van der Waals surface area (Å²) in [4.78, 5) is 4.29. The molecule has 0 saturated carbocycles. The smallest absolute Gasteiger partial charge is 0.162 e. The Morgan fingerprint density at radius 1 is 1.22 bits per heavy atom. The molecule has 1 aromatic carbocycles. The molecule has 0 atom stereocenters. The van der Waals surface area contributed by atoms with Crippen molar-refractivity contribution in [2.45, 2.75) is 6.42 Å². The van der Waals surface area contributed by atoms with E-state index in [-0.39, 0.29) is 0 Å². The molecule has 5 nitrogen and oxygen atoms in total. The number of nitrogens with two attached hydrogens (primary N) is 1. The Morgan fingerprint density at radius 3 is 2.67 bits per heavy atom. The van der Waals surface area contributed by atoms with Crippen LogP contribution in [0.2, 0.25) is 0 Å². The van der Waals surface area contributed by atoms with Crippen LogP contribution < -0.4 is 15.2 Å². The Bertz CT molecular complexity index is 523. The van der Waals surface area contributed by atoms with Crippen molar-refractivity contribution in [3.05, 3.63) is 36.4 Å². The zero-order valence-corrected chi connectivity index (χ0v) is 10.6. The second-order valence-electron chi connectivity index (χ2n) is 3.85. The van der Waals surface area contributed by atoms with Crippen molar-refractivity contribution in [3.8, 4) is 17.2 Å². The van der Waals surface area contributed by atoms with Gasteiger partial charge >= 0.3 is 0 Å². The molecule has 5 heteroatoms. The topological polar surface area (TPSA) is 62.3 Å². The summed E-state index contributed by atoms with van der Waals surface area (Å²) in [6.45, 7) is 0.600. The fourth-order valence-corrected chi connectivity index (χ4v) is 1.77. The molecule has 0 spiro atoms. The molecule has 0 radical (unpaired) electrons. The third kappa shape index (κ3) is 2.46. The van der Waals surface area contributed by atoms with E-state index in [0.29, 0.717) is 18.0 Å². The third-order valence-corrected chi connectivity index (χ3v) is 2.70. The molecule has 0 aliphatic carbocycles. The van der Waals surface area contributed by atoms with Crippen molar-refractivity contribution < 1.29 is 9.47 Å². The Balaban J connectivity index is 2.31. The van der Waals surface area contributed by atoms with Gasteiger partial charge in [-0.15, -0.1) is 0 Å². The van der Waals surface area contributed by atoms with Crippen molar-refractivity contribution in [3.63, 3.8) is 0 Å². The monoisotopic (exact) mass is 247 g/mol. The normalized spacial score (nSPS) is 10.4. The first kappa shape index (κ1) is 12.4. The molecule has 2 aromatic rings. The number of hydrogen-bond acceptors (Lipinski definition) is 4. The zero-order valence-electron chi connectivity index (χ0n) is 10.6. The van der Waals surface area contributed by atoms with Gasteiger partial charge in [-0.05, 0) is 18.7 Å². The third-order valence-electron chi connectivity index (χ3n) is 2.70. The highest BCUT2D eigenvalue weighted by Crippen LogP contribution is 2.29. The molecular weight excluding hydrogens is 230 g/mol.